The average molecular weight is 162 g/mol. The fraction of sp³-hybridized carbons (Fsp3) is 0.286. The van der Waals surface area contributed by atoms with Crippen LogP contribution in [0, 0.1) is 6.92 Å². The molecule has 11 heavy (non-hydrogen) atoms. The van der Waals surface area contributed by atoms with E-state index in [1.807, 2.05) is 0 Å². The van der Waals surface area contributed by atoms with Crippen LogP contribution in [0.2, 0.25) is 0 Å². The quantitative estimate of drug-likeness (QED) is 0.512. The minimum Gasteiger partial charge on any atom is -0.108 e. The van der Waals surface area contributed by atoms with Crippen molar-refractivity contribution in [3.05, 3.63) is 30.1 Å². The molecule has 0 bridgehead atoms. The molecular formula is C7H7F3N+. The van der Waals surface area contributed by atoms with Crippen molar-refractivity contribution in [2.45, 2.75) is 13.2 Å². The number of hydrogen-bond acceptors (Lipinski definition) is 0. The molecule has 1 heterocycles. The lowest BCUT2D eigenvalue weighted by Crippen LogP contribution is -2.46. The predicted octanol–water partition coefficient (Wildman–Crippen LogP) is 1.76. The van der Waals surface area contributed by atoms with Crippen molar-refractivity contribution in [3.8, 4) is 0 Å². The zero-order chi connectivity index (χ0) is 8.48. The molecule has 0 amide bonds. The SMILES string of the molecule is Cc1cc[n+](C(F)(F)F)cc1. The summed E-state index contributed by atoms with van der Waals surface area (Å²) in [6, 6.07) is 2.82. The highest BCUT2D eigenvalue weighted by Crippen LogP contribution is 2.12. The molecule has 60 valence electrons. The molecule has 1 nitrogen and oxygen atoms in total. The van der Waals surface area contributed by atoms with Crippen LogP contribution in [-0.2, 0) is 6.30 Å². The fourth-order valence-corrected chi connectivity index (χ4v) is 0.670. The van der Waals surface area contributed by atoms with Crippen LogP contribution in [0.3, 0.4) is 0 Å². The lowest BCUT2D eigenvalue weighted by Gasteiger charge is -1.98. The first-order valence-corrected chi connectivity index (χ1v) is 3.05. The molecule has 0 saturated heterocycles. The van der Waals surface area contributed by atoms with Crippen molar-refractivity contribution in [1.82, 2.24) is 0 Å². The maximum absolute atomic E-state index is 11.9. The predicted molar refractivity (Wildman–Crippen MR) is 32.7 cm³/mol. The van der Waals surface area contributed by atoms with Crippen LogP contribution in [0.25, 0.3) is 0 Å². The molecule has 0 saturated carbocycles. The van der Waals surface area contributed by atoms with Crippen LogP contribution >= 0.6 is 0 Å². The van der Waals surface area contributed by atoms with E-state index in [2.05, 4.69) is 0 Å². The third kappa shape index (κ3) is 1.93. The zero-order valence-corrected chi connectivity index (χ0v) is 5.89. The van der Waals surface area contributed by atoms with E-state index in [0.717, 1.165) is 18.0 Å². The molecule has 1 aromatic rings. The van der Waals surface area contributed by atoms with E-state index in [1.165, 1.54) is 12.1 Å². The Kier molecular flexibility index (Phi) is 1.85. The van der Waals surface area contributed by atoms with Crippen molar-refractivity contribution in [2.75, 3.05) is 0 Å². The van der Waals surface area contributed by atoms with E-state index < -0.39 is 6.30 Å². The number of hydrogen-bond donors (Lipinski definition) is 0. The average Bonchev–Trinajstić information content (AvgIpc) is 1.86. The van der Waals surface area contributed by atoms with E-state index in [1.54, 1.807) is 6.92 Å². The molecule has 1 rings (SSSR count). The third-order valence-electron chi connectivity index (χ3n) is 1.29. The second kappa shape index (κ2) is 2.53. The first kappa shape index (κ1) is 8.04. The fourth-order valence-electron chi connectivity index (χ4n) is 0.670. The summed E-state index contributed by atoms with van der Waals surface area (Å²) in [6.45, 7) is 1.74. The summed E-state index contributed by atoms with van der Waals surface area (Å²) >= 11 is 0. The van der Waals surface area contributed by atoms with Crippen LogP contribution in [0.1, 0.15) is 5.56 Å². The molecule has 0 fully saturated rings. The zero-order valence-electron chi connectivity index (χ0n) is 5.89. The number of alkyl halides is 3. The summed E-state index contributed by atoms with van der Waals surface area (Å²) in [5.74, 6) is 0. The van der Waals surface area contributed by atoms with E-state index in [4.69, 9.17) is 0 Å². The van der Waals surface area contributed by atoms with Crippen LogP contribution in [0.5, 0.6) is 0 Å². The molecule has 4 heteroatoms. The van der Waals surface area contributed by atoms with Crippen molar-refractivity contribution < 1.29 is 17.7 Å². The van der Waals surface area contributed by atoms with E-state index in [0.29, 0.717) is 0 Å². The molecule has 0 aromatic carbocycles. The number of rotatable bonds is 0. The van der Waals surface area contributed by atoms with Gasteiger partial charge < -0.3 is 0 Å². The summed E-state index contributed by atoms with van der Waals surface area (Å²) in [5, 5.41) is 0. The molecule has 0 atom stereocenters. The Morgan fingerprint density at radius 3 is 2.00 bits per heavy atom. The van der Waals surface area contributed by atoms with Gasteiger partial charge in [0.15, 0.2) is 12.4 Å². The minimum atomic E-state index is -4.30. The normalized spacial score (nSPS) is 11.6. The maximum atomic E-state index is 11.9. The number of nitrogens with zero attached hydrogens (tertiary/aromatic N) is 1. The highest BCUT2D eigenvalue weighted by molar-refractivity contribution is 5.03. The Bertz CT molecular complexity index is 237. The van der Waals surface area contributed by atoms with Crippen LogP contribution in [-0.4, -0.2) is 0 Å². The van der Waals surface area contributed by atoms with Gasteiger partial charge >= 0.3 is 6.30 Å². The van der Waals surface area contributed by atoms with Crippen molar-refractivity contribution >= 4 is 0 Å². The van der Waals surface area contributed by atoms with Crippen molar-refractivity contribution in [2.24, 2.45) is 0 Å². The van der Waals surface area contributed by atoms with Crippen molar-refractivity contribution in [3.63, 3.8) is 0 Å². The van der Waals surface area contributed by atoms with Gasteiger partial charge in [-0.2, -0.15) is 0 Å². The molecule has 0 radical (unpaired) electrons. The molecule has 0 spiro atoms. The van der Waals surface area contributed by atoms with Gasteiger partial charge in [0.05, 0.1) is 0 Å². The van der Waals surface area contributed by atoms with Gasteiger partial charge in [-0.1, -0.05) is 0 Å². The van der Waals surface area contributed by atoms with Gasteiger partial charge in [-0.05, 0) is 12.5 Å². The summed E-state index contributed by atoms with van der Waals surface area (Å²) in [4.78, 5) is 0. The standard InChI is InChI=1S/C7H7F3N/c1-6-2-4-11(5-3-6)7(8,9)10/h2-5H,1H3/q+1. The second-order valence-electron chi connectivity index (χ2n) is 2.25. The molecule has 0 N–H and O–H groups in total. The first-order chi connectivity index (χ1) is 5.00. The Labute approximate surface area is 62.1 Å². The van der Waals surface area contributed by atoms with E-state index in [-0.39, 0.29) is 4.57 Å². The Morgan fingerprint density at radius 1 is 1.18 bits per heavy atom. The molecular weight excluding hydrogens is 155 g/mol. The van der Waals surface area contributed by atoms with Gasteiger partial charge in [0.2, 0.25) is 0 Å². The van der Waals surface area contributed by atoms with Crippen LogP contribution in [0.15, 0.2) is 24.5 Å². The Morgan fingerprint density at radius 2 is 1.64 bits per heavy atom. The minimum absolute atomic E-state index is 0.208. The summed E-state index contributed by atoms with van der Waals surface area (Å²) in [6.07, 6.45) is -2.31. The first-order valence-electron chi connectivity index (χ1n) is 3.05. The van der Waals surface area contributed by atoms with Gasteiger partial charge in [-0.25, -0.2) is 0 Å². The molecule has 1 aromatic heterocycles. The number of aryl methyl sites for hydroxylation is 1. The van der Waals surface area contributed by atoms with Gasteiger partial charge in [-0.3, -0.25) is 0 Å². The second-order valence-corrected chi connectivity index (χ2v) is 2.25. The van der Waals surface area contributed by atoms with Crippen LogP contribution in [0.4, 0.5) is 13.2 Å². The van der Waals surface area contributed by atoms with Crippen LogP contribution < -0.4 is 4.57 Å². The lowest BCUT2D eigenvalue weighted by molar-refractivity contribution is -0.854. The number of halogens is 3. The van der Waals surface area contributed by atoms with Crippen molar-refractivity contribution in [1.29, 1.82) is 0 Å². The van der Waals surface area contributed by atoms with Gasteiger partial charge in [0, 0.05) is 12.1 Å². The Balaban J connectivity index is 2.99. The molecule has 0 aliphatic heterocycles. The number of pyridine rings is 1. The molecule has 0 unspecified atom stereocenters. The highest BCUT2D eigenvalue weighted by Gasteiger charge is 2.40. The van der Waals surface area contributed by atoms with E-state index >= 15 is 0 Å². The summed E-state index contributed by atoms with van der Waals surface area (Å²) < 4.78 is 35.9. The topological polar surface area (TPSA) is 3.88 Å². The Hall–Kier alpha value is -1.06. The highest BCUT2D eigenvalue weighted by atomic mass is 19.4. The largest absolute Gasteiger partial charge is 0.637 e. The lowest BCUT2D eigenvalue weighted by atomic mass is 10.3. The smallest absolute Gasteiger partial charge is 0.108 e. The van der Waals surface area contributed by atoms with Gasteiger partial charge in [0.25, 0.3) is 0 Å². The summed E-state index contributed by atoms with van der Waals surface area (Å²) in [7, 11) is 0. The summed E-state index contributed by atoms with van der Waals surface area (Å²) in [5.41, 5.74) is 0.811. The monoisotopic (exact) mass is 162 g/mol. The number of aromatic nitrogens is 1. The molecule has 0 aliphatic carbocycles. The third-order valence-corrected chi connectivity index (χ3v) is 1.29. The van der Waals surface area contributed by atoms with Gasteiger partial charge in [0.1, 0.15) is 0 Å². The van der Waals surface area contributed by atoms with Gasteiger partial charge in [-0.15, -0.1) is 17.7 Å². The molecule has 0 aliphatic rings. The van der Waals surface area contributed by atoms with E-state index in [9.17, 15) is 13.2 Å². The maximum Gasteiger partial charge on any atom is 0.637 e.